The van der Waals surface area contributed by atoms with Gasteiger partial charge in [0.05, 0.1) is 6.04 Å². The van der Waals surface area contributed by atoms with Gasteiger partial charge in [0.15, 0.2) is 0 Å². The van der Waals surface area contributed by atoms with Crippen molar-refractivity contribution in [2.24, 2.45) is 0 Å². The summed E-state index contributed by atoms with van der Waals surface area (Å²) >= 11 is 3.37. The Kier molecular flexibility index (Phi) is 6.49. The Morgan fingerprint density at radius 3 is 2.33 bits per heavy atom. The minimum absolute atomic E-state index is 0.0791. The summed E-state index contributed by atoms with van der Waals surface area (Å²) in [7, 11) is 0. The summed E-state index contributed by atoms with van der Waals surface area (Å²) in [6.45, 7) is -0.955. The summed E-state index contributed by atoms with van der Waals surface area (Å²) in [6, 6.07) is 13.6. The van der Waals surface area contributed by atoms with E-state index < -0.39 is 6.61 Å². The molecular formula is C18H16BrF2NO2. The number of halogens is 3. The maximum Gasteiger partial charge on any atom is 0.387 e. The third kappa shape index (κ3) is 5.77. The highest BCUT2D eigenvalue weighted by atomic mass is 79.9. The molecule has 0 aromatic heterocycles. The van der Waals surface area contributed by atoms with E-state index in [0.29, 0.717) is 5.56 Å². The van der Waals surface area contributed by atoms with Gasteiger partial charge in [-0.15, -0.1) is 0 Å². The second-order valence-corrected chi connectivity index (χ2v) is 5.98. The van der Waals surface area contributed by atoms with Gasteiger partial charge in [0.1, 0.15) is 5.75 Å². The molecule has 0 spiro atoms. The fraction of sp³-hybridized carbons (Fsp3) is 0.167. The summed E-state index contributed by atoms with van der Waals surface area (Å²) in [6.07, 6.45) is 3.01. The predicted octanol–water partition coefficient (Wildman–Crippen LogP) is 4.94. The highest BCUT2D eigenvalue weighted by Gasteiger charge is 2.07. The smallest absolute Gasteiger partial charge is 0.387 e. The average molecular weight is 396 g/mol. The second kappa shape index (κ2) is 8.59. The molecule has 0 aliphatic carbocycles. The van der Waals surface area contributed by atoms with Gasteiger partial charge in [-0.3, -0.25) is 4.79 Å². The van der Waals surface area contributed by atoms with Crippen molar-refractivity contribution in [3.8, 4) is 5.75 Å². The molecule has 0 unspecified atom stereocenters. The topological polar surface area (TPSA) is 38.3 Å². The van der Waals surface area contributed by atoms with Gasteiger partial charge in [-0.25, -0.2) is 0 Å². The Bertz CT molecular complexity index is 700. The first-order chi connectivity index (χ1) is 11.4. The summed E-state index contributed by atoms with van der Waals surface area (Å²) in [5, 5.41) is 2.86. The highest BCUT2D eigenvalue weighted by molar-refractivity contribution is 9.10. The molecule has 6 heteroatoms. The number of amides is 1. The molecule has 1 N–H and O–H groups in total. The van der Waals surface area contributed by atoms with Crippen LogP contribution >= 0.6 is 15.9 Å². The van der Waals surface area contributed by atoms with Crippen LogP contribution < -0.4 is 10.1 Å². The van der Waals surface area contributed by atoms with Gasteiger partial charge in [-0.1, -0.05) is 40.2 Å². The minimum atomic E-state index is -2.85. The summed E-state index contributed by atoms with van der Waals surface area (Å²) in [5.41, 5.74) is 1.71. The number of benzene rings is 2. The van der Waals surface area contributed by atoms with Gasteiger partial charge < -0.3 is 10.1 Å². The van der Waals surface area contributed by atoms with Gasteiger partial charge in [0.2, 0.25) is 5.91 Å². The van der Waals surface area contributed by atoms with E-state index in [1.807, 2.05) is 31.2 Å². The summed E-state index contributed by atoms with van der Waals surface area (Å²) in [5.74, 6) is -0.159. The maximum atomic E-state index is 12.1. The van der Waals surface area contributed by atoms with E-state index in [1.54, 1.807) is 18.2 Å². The van der Waals surface area contributed by atoms with Gasteiger partial charge >= 0.3 is 6.61 Å². The number of nitrogens with one attached hydrogen (secondary N) is 1. The van der Waals surface area contributed by atoms with E-state index in [0.717, 1.165) is 10.0 Å². The van der Waals surface area contributed by atoms with Crippen molar-refractivity contribution >= 4 is 27.9 Å². The quantitative estimate of drug-likeness (QED) is 0.703. The van der Waals surface area contributed by atoms with Crippen molar-refractivity contribution in [1.29, 1.82) is 0 Å². The van der Waals surface area contributed by atoms with Crippen molar-refractivity contribution in [2.45, 2.75) is 19.6 Å². The SMILES string of the molecule is C[C@H](NC(=O)/C=C/c1ccc(OC(F)F)cc1)c1ccc(Br)cc1. The second-order valence-electron chi connectivity index (χ2n) is 5.06. The molecule has 0 saturated carbocycles. The molecule has 0 bridgehead atoms. The Morgan fingerprint density at radius 1 is 1.12 bits per heavy atom. The number of carbonyl (C=O) groups excluding carboxylic acids is 1. The van der Waals surface area contributed by atoms with Crippen LogP contribution in [0.1, 0.15) is 24.1 Å². The molecule has 0 radical (unpaired) electrons. The molecule has 0 aliphatic rings. The zero-order valence-corrected chi connectivity index (χ0v) is 14.5. The average Bonchev–Trinajstić information content (AvgIpc) is 2.54. The lowest BCUT2D eigenvalue weighted by atomic mass is 10.1. The first-order valence-corrected chi connectivity index (χ1v) is 8.02. The van der Waals surface area contributed by atoms with Gasteiger partial charge in [0, 0.05) is 10.5 Å². The lowest BCUT2D eigenvalue weighted by molar-refractivity contribution is -0.117. The predicted molar refractivity (Wildman–Crippen MR) is 92.8 cm³/mol. The molecule has 0 fully saturated rings. The Morgan fingerprint density at radius 2 is 1.75 bits per heavy atom. The highest BCUT2D eigenvalue weighted by Crippen LogP contribution is 2.17. The molecule has 126 valence electrons. The van der Waals surface area contributed by atoms with Crippen molar-refractivity contribution in [3.05, 3.63) is 70.2 Å². The zero-order valence-electron chi connectivity index (χ0n) is 12.9. The van der Waals surface area contributed by atoms with Crippen LogP contribution in [0.5, 0.6) is 5.75 Å². The molecule has 2 aromatic carbocycles. The summed E-state index contributed by atoms with van der Waals surface area (Å²) < 4.78 is 29.4. The van der Waals surface area contributed by atoms with Crippen LogP contribution in [0.15, 0.2) is 59.1 Å². The van der Waals surface area contributed by atoms with Crippen LogP contribution in [-0.2, 0) is 4.79 Å². The van der Waals surface area contributed by atoms with Crippen LogP contribution in [-0.4, -0.2) is 12.5 Å². The minimum Gasteiger partial charge on any atom is -0.435 e. The number of hydrogen-bond donors (Lipinski definition) is 1. The third-order valence-corrected chi connectivity index (χ3v) is 3.79. The van der Waals surface area contributed by atoms with E-state index in [-0.39, 0.29) is 17.7 Å². The molecule has 0 saturated heterocycles. The zero-order chi connectivity index (χ0) is 17.5. The molecule has 2 rings (SSSR count). The number of rotatable bonds is 6. The number of ether oxygens (including phenoxy) is 1. The molecule has 2 aromatic rings. The summed E-state index contributed by atoms with van der Waals surface area (Å²) in [4.78, 5) is 11.9. The van der Waals surface area contributed by atoms with Gasteiger partial charge in [-0.2, -0.15) is 8.78 Å². The molecule has 1 amide bonds. The monoisotopic (exact) mass is 395 g/mol. The molecule has 0 heterocycles. The Balaban J connectivity index is 1.91. The Hall–Kier alpha value is -2.21. The fourth-order valence-corrected chi connectivity index (χ4v) is 2.29. The molecule has 1 atom stereocenters. The van der Waals surface area contributed by atoms with Crippen LogP contribution in [0.2, 0.25) is 0 Å². The van der Waals surface area contributed by atoms with Crippen LogP contribution in [0.4, 0.5) is 8.78 Å². The number of alkyl halides is 2. The molecule has 3 nitrogen and oxygen atoms in total. The van der Waals surface area contributed by atoms with Crippen LogP contribution in [0, 0.1) is 0 Å². The van der Waals surface area contributed by atoms with Crippen molar-refractivity contribution in [2.75, 3.05) is 0 Å². The van der Waals surface area contributed by atoms with Crippen molar-refractivity contribution < 1.29 is 18.3 Å². The van der Waals surface area contributed by atoms with Gasteiger partial charge in [-0.05, 0) is 48.4 Å². The van der Waals surface area contributed by atoms with Crippen molar-refractivity contribution in [3.63, 3.8) is 0 Å². The van der Waals surface area contributed by atoms with E-state index in [2.05, 4.69) is 26.0 Å². The largest absolute Gasteiger partial charge is 0.435 e. The lowest BCUT2D eigenvalue weighted by Gasteiger charge is -2.12. The van der Waals surface area contributed by atoms with E-state index in [1.165, 1.54) is 18.2 Å². The lowest BCUT2D eigenvalue weighted by Crippen LogP contribution is -2.24. The normalized spacial score (nSPS) is 12.4. The first-order valence-electron chi connectivity index (χ1n) is 7.23. The van der Waals surface area contributed by atoms with Crippen LogP contribution in [0.3, 0.4) is 0 Å². The third-order valence-electron chi connectivity index (χ3n) is 3.26. The van der Waals surface area contributed by atoms with Crippen LogP contribution in [0.25, 0.3) is 6.08 Å². The number of hydrogen-bond acceptors (Lipinski definition) is 2. The van der Waals surface area contributed by atoms with Crippen molar-refractivity contribution in [1.82, 2.24) is 5.32 Å². The Labute approximate surface area is 147 Å². The maximum absolute atomic E-state index is 12.1. The molecule has 0 aliphatic heterocycles. The van der Waals surface area contributed by atoms with Gasteiger partial charge in [0.25, 0.3) is 0 Å². The first kappa shape index (κ1) is 18.1. The van der Waals surface area contributed by atoms with E-state index in [4.69, 9.17) is 0 Å². The molecular weight excluding hydrogens is 380 g/mol. The van der Waals surface area contributed by atoms with E-state index >= 15 is 0 Å². The standard InChI is InChI=1S/C18H16BrF2NO2/c1-12(14-5-7-15(19)8-6-14)22-17(23)11-4-13-2-9-16(10-3-13)24-18(20)21/h2-12,18H,1H3,(H,22,23)/b11-4+/t12-/m0/s1. The van der Waals surface area contributed by atoms with E-state index in [9.17, 15) is 13.6 Å². The number of carbonyl (C=O) groups is 1. The fourth-order valence-electron chi connectivity index (χ4n) is 2.03. The molecule has 24 heavy (non-hydrogen) atoms.